The second-order valence-corrected chi connectivity index (χ2v) is 24.5. The Morgan fingerprint density at radius 1 is 0.675 bits per heavy atom. The predicted molar refractivity (Wildman–Crippen MR) is 318 cm³/mol. The van der Waals surface area contributed by atoms with Crippen LogP contribution in [0.1, 0.15) is 260 Å². The Morgan fingerprint density at radius 2 is 1.13 bits per heavy atom. The van der Waals surface area contributed by atoms with Crippen LogP contribution in [0.15, 0.2) is 0 Å². The number of primary amides is 1. The fraction of sp³-hybridized carbons (Fsp3) is 0.898. The standard InChI is InChI=1S/C59H114N7O16P/c1-7-10-12-14-16-18-20-22-23-24-26-28-30-32-34-36-41-78-83(77,82-66(76)51(70)37-35-33-31-29-27-25-21-19-17-15-13-11-8-2)79-42-40-63-58(75)59(6,65(56(73)47(60)9-3)50(69)39-38-48(61)55(62)72)43-45(4)80-54-52(64-46(5)68)57(74)81-49(44-67)53(54)71/h45,47-49,52-54,57,67,71,74,76H,7-44,60-61H2,1-6H3,(H2,62,72)(H,63,75)(H,64,68)/t45?,47-,48+,49+,52+,53+,54+,57-,59+,83?/m0/s1. The second-order valence-electron chi connectivity index (χ2n) is 22.9. The van der Waals surface area contributed by atoms with Gasteiger partial charge in [-0.25, -0.2) is 4.57 Å². The zero-order chi connectivity index (χ0) is 62.1. The van der Waals surface area contributed by atoms with Gasteiger partial charge in [0.25, 0.3) is 5.91 Å². The highest BCUT2D eigenvalue weighted by Crippen LogP contribution is 2.50. The molecule has 1 heterocycles. The van der Waals surface area contributed by atoms with Gasteiger partial charge in [-0.2, -0.15) is 0 Å². The summed E-state index contributed by atoms with van der Waals surface area (Å²) in [6.45, 7) is 7.90. The van der Waals surface area contributed by atoms with E-state index in [1.165, 1.54) is 129 Å². The molecule has 24 heteroatoms. The van der Waals surface area contributed by atoms with Crippen LogP contribution in [0.25, 0.3) is 0 Å². The van der Waals surface area contributed by atoms with Crippen molar-refractivity contribution in [2.75, 3.05) is 26.4 Å². The molecule has 486 valence electrons. The first-order valence-electron chi connectivity index (χ1n) is 31.7. The highest BCUT2D eigenvalue weighted by Gasteiger charge is 2.50. The number of aliphatic hydroxyl groups is 3. The first-order chi connectivity index (χ1) is 39.6. The van der Waals surface area contributed by atoms with Gasteiger partial charge in [0.1, 0.15) is 29.9 Å². The average Bonchev–Trinajstić information content (AvgIpc) is 3.63. The molecule has 1 aliphatic heterocycles. The lowest BCUT2D eigenvalue weighted by Gasteiger charge is -2.45. The average molecular weight is 1210 g/mol. The fourth-order valence-electron chi connectivity index (χ4n) is 10.3. The molecule has 23 nitrogen and oxygen atoms in total. The molecule has 0 aromatic carbocycles. The Bertz CT molecular complexity index is 1840. The lowest BCUT2D eigenvalue weighted by molar-refractivity contribution is -0.274. The van der Waals surface area contributed by atoms with Gasteiger partial charge in [0, 0.05) is 32.7 Å². The molecule has 2 unspecified atom stereocenters. The number of amides is 6. The highest BCUT2D eigenvalue weighted by atomic mass is 31.2. The van der Waals surface area contributed by atoms with Crippen LogP contribution in [0.3, 0.4) is 0 Å². The van der Waals surface area contributed by atoms with Crippen LogP contribution in [-0.2, 0) is 56.5 Å². The number of hydrogen-bond donors (Lipinski definition) is 9. The third-order valence-corrected chi connectivity index (χ3v) is 16.7. The van der Waals surface area contributed by atoms with Gasteiger partial charge in [0.05, 0.1) is 38.0 Å². The van der Waals surface area contributed by atoms with E-state index < -0.39 is 130 Å². The number of hydroxylamine groups is 2. The molecule has 83 heavy (non-hydrogen) atoms. The summed E-state index contributed by atoms with van der Waals surface area (Å²) in [5, 5.41) is 47.6. The molecule has 0 radical (unpaired) electrons. The number of phosphoric ester groups is 1. The van der Waals surface area contributed by atoms with Crippen molar-refractivity contribution in [2.24, 2.45) is 17.2 Å². The number of hydrogen-bond acceptors (Lipinski definition) is 18. The number of nitrogens with one attached hydrogen (secondary N) is 2. The molecular formula is C59H114N7O16P. The van der Waals surface area contributed by atoms with Crippen LogP contribution in [0.4, 0.5) is 0 Å². The third kappa shape index (κ3) is 32.9. The number of unbranched alkanes of at least 4 members (excludes halogenated alkanes) is 27. The normalized spacial score (nSPS) is 19.7. The lowest BCUT2D eigenvalue weighted by atomic mass is 9.88. The summed E-state index contributed by atoms with van der Waals surface area (Å²) in [4.78, 5) is 80.9. The molecule has 0 saturated carbocycles. The van der Waals surface area contributed by atoms with Gasteiger partial charge in [0.2, 0.25) is 29.5 Å². The van der Waals surface area contributed by atoms with Gasteiger partial charge in [-0.05, 0) is 39.5 Å². The number of aliphatic hydroxyl groups excluding tert-OH is 3. The van der Waals surface area contributed by atoms with Crippen molar-refractivity contribution in [1.82, 2.24) is 20.8 Å². The van der Waals surface area contributed by atoms with Gasteiger partial charge in [0.15, 0.2) is 6.29 Å². The van der Waals surface area contributed by atoms with E-state index in [2.05, 4.69) is 24.5 Å². The van der Waals surface area contributed by atoms with Crippen LogP contribution >= 0.6 is 7.82 Å². The van der Waals surface area contributed by atoms with Crippen molar-refractivity contribution in [1.29, 1.82) is 0 Å². The molecule has 1 aliphatic rings. The van der Waals surface area contributed by atoms with E-state index in [1.54, 1.807) is 6.92 Å². The van der Waals surface area contributed by atoms with Crippen molar-refractivity contribution in [3.05, 3.63) is 0 Å². The second kappa shape index (κ2) is 46.0. The molecule has 1 fully saturated rings. The third-order valence-electron chi connectivity index (χ3n) is 15.3. The fourth-order valence-corrected chi connectivity index (χ4v) is 11.4. The Balaban J connectivity index is 3.24. The van der Waals surface area contributed by atoms with Crippen LogP contribution in [-0.4, -0.2) is 147 Å². The summed E-state index contributed by atoms with van der Waals surface area (Å²) in [5.74, 6) is -5.37. The first-order valence-corrected chi connectivity index (χ1v) is 33.2. The number of nitrogens with two attached hydrogens (primary N) is 3. The maximum Gasteiger partial charge on any atom is 0.498 e. The molecular weight excluding hydrogens is 1090 g/mol. The van der Waals surface area contributed by atoms with Gasteiger partial charge >= 0.3 is 7.82 Å². The van der Waals surface area contributed by atoms with Crippen molar-refractivity contribution in [2.45, 2.75) is 314 Å². The maximum absolute atomic E-state index is 14.7. The number of ether oxygens (including phenoxy) is 2. The first kappa shape index (κ1) is 77.8. The van der Waals surface area contributed by atoms with Gasteiger partial charge in [-0.1, -0.05) is 199 Å². The van der Waals surface area contributed by atoms with Gasteiger partial charge in [-0.15, -0.1) is 4.62 Å². The Hall–Kier alpha value is -3.19. The predicted octanol–water partition coefficient (Wildman–Crippen LogP) is 8.32. The minimum atomic E-state index is -4.77. The summed E-state index contributed by atoms with van der Waals surface area (Å²) >= 11 is 0. The van der Waals surface area contributed by atoms with Crippen LogP contribution in [0.5, 0.6) is 0 Å². The molecule has 0 spiro atoms. The molecule has 1 saturated heterocycles. The number of carbonyl (C=O) groups excluding carboxylic acids is 6. The molecule has 0 bridgehead atoms. The van der Waals surface area contributed by atoms with E-state index in [9.17, 15) is 53.9 Å². The summed E-state index contributed by atoms with van der Waals surface area (Å²) in [6.07, 6.45) is 23.6. The van der Waals surface area contributed by atoms with E-state index in [1.807, 2.05) is 0 Å². The quantitative estimate of drug-likeness (QED) is 0.0120. The number of carbonyl (C=O) groups is 6. The van der Waals surface area contributed by atoms with Crippen LogP contribution < -0.4 is 27.8 Å². The van der Waals surface area contributed by atoms with Crippen molar-refractivity contribution in [3.63, 3.8) is 0 Å². The summed E-state index contributed by atoms with van der Waals surface area (Å²) < 4.78 is 42.2. The van der Waals surface area contributed by atoms with E-state index in [-0.39, 0.29) is 31.1 Å². The summed E-state index contributed by atoms with van der Waals surface area (Å²) in [5.41, 5.74) is 15.2. The SMILES string of the molecule is CCCCCCCCCCCCCCCCCCOP(=O)(OCCNC(=O)[C@@](C)(CC(C)O[C@H]1[C@H](O)[C@@H](CO)O[C@H](O)[C@@H]1NC(C)=O)N(C(=O)CC[C@@H](N)C(N)=O)C(=O)[C@@H](N)CC)ON(O)C(=O)CCCCCCCCCCCCCCC. The molecule has 10 atom stereocenters. The summed E-state index contributed by atoms with van der Waals surface area (Å²) in [7, 11) is -4.77. The molecule has 0 aliphatic carbocycles. The van der Waals surface area contributed by atoms with E-state index in [0.29, 0.717) is 17.7 Å². The minimum absolute atomic E-state index is 0.0204. The smallest absolute Gasteiger partial charge is 0.394 e. The molecule has 0 aromatic heterocycles. The summed E-state index contributed by atoms with van der Waals surface area (Å²) in [6, 6.07) is -4.00. The Labute approximate surface area is 497 Å². The van der Waals surface area contributed by atoms with E-state index in [4.69, 9.17) is 40.3 Å². The molecule has 12 N–H and O–H groups in total. The highest BCUT2D eigenvalue weighted by molar-refractivity contribution is 7.48. The number of rotatable bonds is 52. The minimum Gasteiger partial charge on any atom is -0.394 e. The largest absolute Gasteiger partial charge is 0.498 e. The molecule has 6 amide bonds. The Morgan fingerprint density at radius 3 is 1.58 bits per heavy atom. The van der Waals surface area contributed by atoms with Crippen molar-refractivity contribution in [3.8, 4) is 0 Å². The van der Waals surface area contributed by atoms with Crippen molar-refractivity contribution < 1.29 is 77.0 Å². The topological polar surface area (TPSA) is 355 Å². The van der Waals surface area contributed by atoms with E-state index >= 15 is 0 Å². The number of nitrogens with zero attached hydrogens (tertiary/aromatic N) is 2. The van der Waals surface area contributed by atoms with Gasteiger partial charge < -0.3 is 52.6 Å². The van der Waals surface area contributed by atoms with Crippen LogP contribution in [0, 0.1) is 0 Å². The van der Waals surface area contributed by atoms with Gasteiger partial charge in [-0.3, -0.25) is 47.9 Å². The monoisotopic (exact) mass is 1210 g/mol. The zero-order valence-corrected chi connectivity index (χ0v) is 52.6. The lowest BCUT2D eigenvalue weighted by Crippen LogP contribution is -2.67. The zero-order valence-electron chi connectivity index (χ0n) is 51.8. The van der Waals surface area contributed by atoms with Crippen molar-refractivity contribution >= 4 is 43.3 Å². The number of imide groups is 1. The van der Waals surface area contributed by atoms with E-state index in [0.717, 1.165) is 64.7 Å². The molecule has 0 aromatic rings. The maximum atomic E-state index is 14.7. The number of phosphoric acid groups is 1. The molecule has 1 rings (SSSR count). The van der Waals surface area contributed by atoms with Crippen LogP contribution in [0.2, 0.25) is 0 Å². The Kier molecular flexibility index (Phi) is 43.2.